The fraction of sp³-hybridized carbons (Fsp3) is 0.125. The van der Waals surface area contributed by atoms with E-state index in [1.807, 2.05) is 0 Å². The Hall–Kier alpha value is -2.62. The largest absolute Gasteiger partial charge is 0.478 e. The van der Waals surface area contributed by atoms with Crippen LogP contribution in [0.4, 0.5) is 11.4 Å². The maximum Gasteiger partial charge on any atom is 0.337 e. The number of carboxylic acids is 1. The van der Waals surface area contributed by atoms with Gasteiger partial charge in [-0.05, 0) is 24.3 Å². The van der Waals surface area contributed by atoms with E-state index in [0.717, 1.165) is 0 Å². The van der Waals surface area contributed by atoms with E-state index in [4.69, 9.17) is 21.8 Å². The third-order valence-electron chi connectivity index (χ3n) is 3.13. The SMILES string of the molecule is O=C(O)c1cc(NN=Cc2ccc(SCCO)c([N+](=O)[O-])c2)ccc1Cl. The molecule has 0 heterocycles. The molecular weight excluding hydrogens is 382 g/mol. The number of aromatic carboxylic acids is 1. The van der Waals surface area contributed by atoms with Crippen molar-refractivity contribution < 1.29 is 19.9 Å². The summed E-state index contributed by atoms with van der Waals surface area (Å²) in [7, 11) is 0. The number of hydrogen-bond acceptors (Lipinski definition) is 7. The van der Waals surface area contributed by atoms with Crippen molar-refractivity contribution in [3.05, 3.63) is 62.7 Å². The Balaban J connectivity index is 2.15. The predicted octanol–water partition coefficient (Wildman–Crippen LogP) is 3.48. The number of nitro groups is 1. The van der Waals surface area contributed by atoms with Crippen molar-refractivity contribution in [2.75, 3.05) is 17.8 Å². The fourth-order valence-corrected chi connectivity index (χ4v) is 2.93. The second-order valence-corrected chi connectivity index (χ2v) is 6.47. The van der Waals surface area contributed by atoms with E-state index in [0.29, 0.717) is 21.9 Å². The first kappa shape index (κ1) is 19.7. The number of carboxylic acid groups (broad SMARTS) is 1. The first-order chi connectivity index (χ1) is 12.4. The third-order valence-corrected chi connectivity index (χ3v) is 4.51. The molecule has 0 saturated carbocycles. The number of rotatable bonds is 8. The van der Waals surface area contributed by atoms with Gasteiger partial charge in [0.2, 0.25) is 0 Å². The van der Waals surface area contributed by atoms with Crippen LogP contribution < -0.4 is 5.43 Å². The average molecular weight is 396 g/mol. The number of aliphatic hydroxyl groups excluding tert-OH is 1. The minimum atomic E-state index is -1.16. The van der Waals surface area contributed by atoms with Crippen molar-refractivity contribution in [2.45, 2.75) is 4.90 Å². The molecule has 136 valence electrons. The van der Waals surface area contributed by atoms with E-state index in [2.05, 4.69) is 10.5 Å². The van der Waals surface area contributed by atoms with Gasteiger partial charge >= 0.3 is 5.97 Å². The monoisotopic (exact) mass is 395 g/mol. The number of aliphatic hydroxyl groups is 1. The van der Waals surface area contributed by atoms with Crippen LogP contribution in [0.3, 0.4) is 0 Å². The van der Waals surface area contributed by atoms with E-state index in [1.54, 1.807) is 18.2 Å². The van der Waals surface area contributed by atoms with Crippen LogP contribution in [0.15, 0.2) is 46.4 Å². The Kier molecular flexibility index (Phi) is 6.96. The topological polar surface area (TPSA) is 125 Å². The Bertz CT molecular complexity index is 860. The van der Waals surface area contributed by atoms with Gasteiger partial charge in [-0.25, -0.2) is 4.79 Å². The van der Waals surface area contributed by atoms with Crippen molar-refractivity contribution >= 4 is 46.9 Å². The minimum absolute atomic E-state index is 0.0623. The van der Waals surface area contributed by atoms with Gasteiger partial charge in [-0.3, -0.25) is 15.5 Å². The number of halogens is 1. The van der Waals surface area contributed by atoms with Crippen LogP contribution in [-0.2, 0) is 0 Å². The normalized spacial score (nSPS) is 10.8. The molecule has 0 amide bonds. The van der Waals surface area contributed by atoms with Crippen LogP contribution in [0.5, 0.6) is 0 Å². The number of nitro benzene ring substituents is 1. The molecule has 26 heavy (non-hydrogen) atoms. The number of nitrogens with one attached hydrogen (secondary N) is 1. The van der Waals surface area contributed by atoms with Gasteiger partial charge in [0.1, 0.15) is 0 Å². The molecule has 0 spiro atoms. The van der Waals surface area contributed by atoms with Crippen molar-refractivity contribution in [3.63, 3.8) is 0 Å². The van der Waals surface area contributed by atoms with Crippen LogP contribution in [0.1, 0.15) is 15.9 Å². The number of benzene rings is 2. The van der Waals surface area contributed by atoms with Crippen LogP contribution in [0.2, 0.25) is 5.02 Å². The van der Waals surface area contributed by atoms with Crippen LogP contribution >= 0.6 is 23.4 Å². The fourth-order valence-electron chi connectivity index (χ4n) is 1.98. The van der Waals surface area contributed by atoms with Gasteiger partial charge in [-0.2, -0.15) is 5.10 Å². The summed E-state index contributed by atoms with van der Waals surface area (Å²) < 4.78 is 0. The number of carbonyl (C=O) groups is 1. The summed E-state index contributed by atoms with van der Waals surface area (Å²) in [5.74, 6) is -0.799. The summed E-state index contributed by atoms with van der Waals surface area (Å²) in [5.41, 5.74) is 3.41. The highest BCUT2D eigenvalue weighted by molar-refractivity contribution is 7.99. The number of nitrogens with zero attached hydrogens (tertiary/aromatic N) is 2. The number of thioether (sulfide) groups is 1. The number of hydrazone groups is 1. The summed E-state index contributed by atoms with van der Waals surface area (Å²) in [6.07, 6.45) is 1.38. The molecule has 0 saturated heterocycles. The first-order valence-corrected chi connectivity index (χ1v) is 8.62. The lowest BCUT2D eigenvalue weighted by molar-refractivity contribution is -0.387. The van der Waals surface area contributed by atoms with Gasteiger partial charge in [0.15, 0.2) is 0 Å². The Morgan fingerprint density at radius 2 is 2.12 bits per heavy atom. The molecule has 8 nitrogen and oxygen atoms in total. The predicted molar refractivity (Wildman–Crippen MR) is 101 cm³/mol. The average Bonchev–Trinajstić information content (AvgIpc) is 2.61. The molecule has 10 heteroatoms. The Morgan fingerprint density at radius 3 is 2.77 bits per heavy atom. The molecule has 2 aromatic rings. The van der Waals surface area contributed by atoms with Gasteiger partial charge in [0.05, 0.1) is 38.9 Å². The molecule has 0 aliphatic heterocycles. The maximum atomic E-state index is 11.2. The summed E-state index contributed by atoms with van der Waals surface area (Å²) in [4.78, 5) is 22.2. The summed E-state index contributed by atoms with van der Waals surface area (Å²) in [6, 6.07) is 8.94. The van der Waals surface area contributed by atoms with E-state index in [9.17, 15) is 14.9 Å². The second-order valence-electron chi connectivity index (χ2n) is 4.93. The summed E-state index contributed by atoms with van der Waals surface area (Å²) >= 11 is 6.98. The molecule has 0 aromatic heterocycles. The Morgan fingerprint density at radius 1 is 1.35 bits per heavy atom. The molecule has 0 aliphatic rings. The third kappa shape index (κ3) is 5.19. The van der Waals surface area contributed by atoms with Crippen LogP contribution in [0, 0.1) is 10.1 Å². The molecule has 0 fully saturated rings. The molecule has 2 aromatic carbocycles. The van der Waals surface area contributed by atoms with Crippen molar-refractivity contribution in [1.82, 2.24) is 0 Å². The standard InChI is InChI=1S/C16H14ClN3O5S/c17-13-3-2-11(8-12(13)16(22)23)19-18-9-10-1-4-15(26-6-5-21)14(7-10)20(24)25/h1-4,7-9,19,21H,5-6H2,(H,22,23). The van der Waals surface area contributed by atoms with E-state index in [1.165, 1.54) is 36.2 Å². The summed E-state index contributed by atoms with van der Waals surface area (Å²) in [6.45, 7) is -0.0750. The zero-order valence-electron chi connectivity index (χ0n) is 13.3. The van der Waals surface area contributed by atoms with Crippen LogP contribution in [0.25, 0.3) is 0 Å². The van der Waals surface area contributed by atoms with E-state index >= 15 is 0 Å². The van der Waals surface area contributed by atoms with Gasteiger partial charge in [0.25, 0.3) is 5.69 Å². The Labute approximate surface area is 157 Å². The molecule has 3 N–H and O–H groups in total. The number of hydrogen-bond donors (Lipinski definition) is 3. The molecular formula is C16H14ClN3O5S. The van der Waals surface area contributed by atoms with Gasteiger partial charge in [-0.15, -0.1) is 11.8 Å². The lowest BCUT2D eigenvalue weighted by Gasteiger charge is -2.04. The lowest BCUT2D eigenvalue weighted by Crippen LogP contribution is -1.99. The molecule has 0 aliphatic carbocycles. The molecule has 0 radical (unpaired) electrons. The minimum Gasteiger partial charge on any atom is -0.478 e. The number of anilines is 1. The zero-order valence-corrected chi connectivity index (χ0v) is 14.8. The highest BCUT2D eigenvalue weighted by Crippen LogP contribution is 2.29. The van der Waals surface area contributed by atoms with Crippen molar-refractivity contribution in [1.29, 1.82) is 0 Å². The molecule has 2 rings (SSSR count). The van der Waals surface area contributed by atoms with Gasteiger partial charge in [0, 0.05) is 17.4 Å². The molecule has 0 atom stereocenters. The lowest BCUT2D eigenvalue weighted by atomic mass is 10.2. The zero-order chi connectivity index (χ0) is 19.1. The maximum absolute atomic E-state index is 11.2. The van der Waals surface area contributed by atoms with Crippen molar-refractivity contribution in [2.24, 2.45) is 5.10 Å². The first-order valence-electron chi connectivity index (χ1n) is 7.26. The highest BCUT2D eigenvalue weighted by atomic mass is 35.5. The van der Waals surface area contributed by atoms with Gasteiger partial charge < -0.3 is 10.2 Å². The summed E-state index contributed by atoms with van der Waals surface area (Å²) in [5, 5.41) is 33.1. The van der Waals surface area contributed by atoms with Crippen LogP contribution in [-0.4, -0.2) is 39.7 Å². The van der Waals surface area contributed by atoms with E-state index in [-0.39, 0.29) is 22.9 Å². The van der Waals surface area contributed by atoms with Crippen molar-refractivity contribution in [3.8, 4) is 0 Å². The smallest absolute Gasteiger partial charge is 0.337 e. The molecule has 0 unspecified atom stereocenters. The molecule has 0 bridgehead atoms. The second kappa shape index (κ2) is 9.18. The van der Waals surface area contributed by atoms with Gasteiger partial charge in [-0.1, -0.05) is 17.7 Å². The highest BCUT2D eigenvalue weighted by Gasteiger charge is 2.14. The van der Waals surface area contributed by atoms with E-state index < -0.39 is 10.9 Å². The quantitative estimate of drug-likeness (QED) is 0.270.